The lowest BCUT2D eigenvalue weighted by atomic mass is 10.2. The number of para-hydroxylation sites is 1. The number of fused-ring (bicyclic) bond motifs is 1. The molecule has 16 heavy (non-hydrogen) atoms. The van der Waals surface area contributed by atoms with E-state index in [1.54, 1.807) is 4.57 Å². The summed E-state index contributed by atoms with van der Waals surface area (Å²) >= 11 is 0. The quantitative estimate of drug-likeness (QED) is 0.817. The third kappa shape index (κ3) is 1.71. The normalized spacial score (nSPS) is 10.8. The van der Waals surface area contributed by atoms with Crippen molar-refractivity contribution in [1.29, 1.82) is 0 Å². The second kappa shape index (κ2) is 3.84. The number of hydrogen-bond donors (Lipinski definition) is 2. The van der Waals surface area contributed by atoms with Crippen LogP contribution in [0.2, 0.25) is 0 Å². The Morgan fingerprint density at radius 3 is 3.00 bits per heavy atom. The van der Waals surface area contributed by atoms with Gasteiger partial charge < -0.3 is 15.4 Å². The molecule has 2 rings (SSSR count). The number of hydrogen-bond acceptors (Lipinski definition) is 3. The SMILES string of the molecule is Cc1cccc2c1nc(N)n2CCC(=O)O. The van der Waals surface area contributed by atoms with Crippen LogP contribution in [0.5, 0.6) is 0 Å². The molecule has 0 aliphatic rings. The fraction of sp³-hybridized carbons (Fsp3) is 0.273. The van der Waals surface area contributed by atoms with Gasteiger partial charge in [-0.05, 0) is 18.6 Å². The average molecular weight is 219 g/mol. The molecule has 0 unspecified atom stereocenters. The summed E-state index contributed by atoms with van der Waals surface area (Å²) < 4.78 is 1.73. The first-order chi connectivity index (χ1) is 7.59. The molecule has 3 N–H and O–H groups in total. The summed E-state index contributed by atoms with van der Waals surface area (Å²) in [6, 6.07) is 5.76. The molecule has 0 amide bonds. The highest BCUT2D eigenvalue weighted by Gasteiger charge is 2.10. The largest absolute Gasteiger partial charge is 0.481 e. The Balaban J connectivity index is 2.48. The zero-order chi connectivity index (χ0) is 11.7. The van der Waals surface area contributed by atoms with E-state index in [1.165, 1.54) is 0 Å². The van der Waals surface area contributed by atoms with Gasteiger partial charge in [-0.3, -0.25) is 4.79 Å². The summed E-state index contributed by atoms with van der Waals surface area (Å²) in [6.07, 6.45) is 0.0452. The van der Waals surface area contributed by atoms with Gasteiger partial charge in [-0.25, -0.2) is 4.98 Å². The van der Waals surface area contributed by atoms with Gasteiger partial charge in [0.25, 0.3) is 0 Å². The van der Waals surface area contributed by atoms with Gasteiger partial charge in [0, 0.05) is 6.54 Å². The summed E-state index contributed by atoms with van der Waals surface area (Å²) in [4.78, 5) is 14.8. The van der Waals surface area contributed by atoms with Crippen molar-refractivity contribution in [2.45, 2.75) is 19.9 Å². The van der Waals surface area contributed by atoms with Crippen molar-refractivity contribution in [3.05, 3.63) is 23.8 Å². The molecule has 0 bridgehead atoms. The van der Waals surface area contributed by atoms with Crippen LogP contribution in [0.15, 0.2) is 18.2 Å². The summed E-state index contributed by atoms with van der Waals surface area (Å²) in [6.45, 7) is 2.30. The van der Waals surface area contributed by atoms with E-state index in [1.807, 2.05) is 25.1 Å². The lowest BCUT2D eigenvalue weighted by Gasteiger charge is -2.03. The van der Waals surface area contributed by atoms with Gasteiger partial charge >= 0.3 is 5.97 Å². The van der Waals surface area contributed by atoms with E-state index in [0.29, 0.717) is 12.5 Å². The number of nitrogen functional groups attached to an aromatic ring is 1. The molecule has 5 heteroatoms. The second-order valence-electron chi connectivity index (χ2n) is 3.71. The fourth-order valence-electron chi connectivity index (χ4n) is 1.75. The lowest BCUT2D eigenvalue weighted by Crippen LogP contribution is -2.07. The van der Waals surface area contributed by atoms with Gasteiger partial charge in [0.2, 0.25) is 5.95 Å². The van der Waals surface area contributed by atoms with Gasteiger partial charge in [0.15, 0.2) is 0 Å². The van der Waals surface area contributed by atoms with Gasteiger partial charge in [0.1, 0.15) is 0 Å². The number of aliphatic carboxylic acids is 1. The number of aryl methyl sites for hydroxylation is 2. The first kappa shape index (κ1) is 10.5. The molecule has 0 aliphatic heterocycles. The highest BCUT2D eigenvalue weighted by Crippen LogP contribution is 2.21. The highest BCUT2D eigenvalue weighted by molar-refractivity contribution is 5.81. The molecular formula is C11H13N3O2. The third-order valence-corrected chi connectivity index (χ3v) is 2.56. The molecule has 0 aliphatic carbocycles. The minimum Gasteiger partial charge on any atom is -0.481 e. The summed E-state index contributed by atoms with van der Waals surface area (Å²) in [7, 11) is 0. The molecule has 5 nitrogen and oxygen atoms in total. The van der Waals surface area contributed by atoms with Crippen molar-refractivity contribution in [3.8, 4) is 0 Å². The first-order valence-electron chi connectivity index (χ1n) is 5.02. The van der Waals surface area contributed by atoms with E-state index in [4.69, 9.17) is 10.8 Å². The Labute approximate surface area is 92.5 Å². The predicted molar refractivity (Wildman–Crippen MR) is 61.1 cm³/mol. The summed E-state index contributed by atoms with van der Waals surface area (Å²) in [5.41, 5.74) is 8.53. The Kier molecular flexibility index (Phi) is 2.52. The zero-order valence-electron chi connectivity index (χ0n) is 8.97. The van der Waals surface area contributed by atoms with Crippen LogP contribution in [0.3, 0.4) is 0 Å². The molecule has 0 fully saturated rings. The molecule has 0 radical (unpaired) electrons. The number of benzene rings is 1. The topological polar surface area (TPSA) is 81.1 Å². The van der Waals surface area contributed by atoms with Gasteiger partial charge in [0.05, 0.1) is 17.5 Å². The van der Waals surface area contributed by atoms with Crippen molar-refractivity contribution in [2.24, 2.45) is 0 Å². The summed E-state index contributed by atoms with van der Waals surface area (Å²) in [5.74, 6) is -0.473. The maximum atomic E-state index is 10.5. The maximum absolute atomic E-state index is 10.5. The molecule has 0 saturated carbocycles. The Bertz CT molecular complexity index is 545. The molecule has 1 heterocycles. The molecule has 0 atom stereocenters. The molecular weight excluding hydrogens is 206 g/mol. The molecule has 1 aromatic carbocycles. The summed E-state index contributed by atoms with van der Waals surface area (Å²) in [5, 5.41) is 8.66. The van der Waals surface area contributed by atoms with E-state index in [2.05, 4.69) is 4.98 Å². The minimum atomic E-state index is -0.839. The van der Waals surface area contributed by atoms with E-state index in [9.17, 15) is 4.79 Å². The number of carboxylic acids is 1. The maximum Gasteiger partial charge on any atom is 0.305 e. The van der Waals surface area contributed by atoms with Crippen molar-refractivity contribution < 1.29 is 9.90 Å². The van der Waals surface area contributed by atoms with Crippen LogP contribution in [-0.4, -0.2) is 20.6 Å². The third-order valence-electron chi connectivity index (χ3n) is 2.56. The van der Waals surface area contributed by atoms with Gasteiger partial charge in [-0.15, -0.1) is 0 Å². The number of rotatable bonds is 3. The number of nitrogens with zero attached hydrogens (tertiary/aromatic N) is 2. The molecule has 0 saturated heterocycles. The van der Waals surface area contributed by atoms with Crippen LogP contribution >= 0.6 is 0 Å². The Morgan fingerprint density at radius 2 is 2.31 bits per heavy atom. The number of imidazole rings is 1. The second-order valence-corrected chi connectivity index (χ2v) is 3.71. The number of carbonyl (C=O) groups is 1. The van der Waals surface area contributed by atoms with E-state index in [-0.39, 0.29) is 6.42 Å². The number of aromatic nitrogens is 2. The van der Waals surface area contributed by atoms with Crippen LogP contribution in [-0.2, 0) is 11.3 Å². The van der Waals surface area contributed by atoms with Crippen molar-refractivity contribution in [3.63, 3.8) is 0 Å². The van der Waals surface area contributed by atoms with Gasteiger partial charge in [-0.1, -0.05) is 12.1 Å². The molecule has 2 aromatic rings. The van der Waals surface area contributed by atoms with Crippen molar-refractivity contribution in [2.75, 3.05) is 5.73 Å². The van der Waals surface area contributed by atoms with Crippen LogP contribution in [0.1, 0.15) is 12.0 Å². The smallest absolute Gasteiger partial charge is 0.305 e. The van der Waals surface area contributed by atoms with Crippen LogP contribution in [0.4, 0.5) is 5.95 Å². The van der Waals surface area contributed by atoms with E-state index >= 15 is 0 Å². The van der Waals surface area contributed by atoms with E-state index in [0.717, 1.165) is 16.6 Å². The van der Waals surface area contributed by atoms with Crippen LogP contribution in [0, 0.1) is 6.92 Å². The number of carboxylic acid groups (broad SMARTS) is 1. The Morgan fingerprint density at radius 1 is 1.56 bits per heavy atom. The van der Waals surface area contributed by atoms with Crippen LogP contribution < -0.4 is 5.73 Å². The monoisotopic (exact) mass is 219 g/mol. The average Bonchev–Trinajstić information content (AvgIpc) is 2.53. The predicted octanol–water partition coefficient (Wildman–Crippen LogP) is 1.40. The lowest BCUT2D eigenvalue weighted by molar-refractivity contribution is -0.137. The highest BCUT2D eigenvalue weighted by atomic mass is 16.4. The standard InChI is InChI=1S/C11H13N3O2/c1-7-3-2-4-8-10(7)13-11(12)14(8)6-5-9(15)16/h2-4H,5-6H2,1H3,(H2,12,13)(H,15,16). The van der Waals surface area contributed by atoms with Crippen LogP contribution in [0.25, 0.3) is 11.0 Å². The van der Waals surface area contributed by atoms with Gasteiger partial charge in [-0.2, -0.15) is 0 Å². The fourth-order valence-corrected chi connectivity index (χ4v) is 1.75. The minimum absolute atomic E-state index is 0.0452. The zero-order valence-corrected chi connectivity index (χ0v) is 8.97. The molecule has 1 aromatic heterocycles. The van der Waals surface area contributed by atoms with Crippen molar-refractivity contribution in [1.82, 2.24) is 9.55 Å². The number of anilines is 1. The number of nitrogens with two attached hydrogens (primary N) is 1. The van der Waals surface area contributed by atoms with E-state index < -0.39 is 5.97 Å². The molecule has 84 valence electrons. The first-order valence-corrected chi connectivity index (χ1v) is 5.02. The Hall–Kier alpha value is -2.04. The van der Waals surface area contributed by atoms with Crippen molar-refractivity contribution >= 4 is 23.0 Å². The molecule has 0 spiro atoms.